The quantitative estimate of drug-likeness (QED) is 0.646. The lowest BCUT2D eigenvalue weighted by Crippen LogP contribution is -2.46. The van der Waals surface area contributed by atoms with Crippen LogP contribution in [0.4, 0.5) is 0 Å². The zero-order valence-electron chi connectivity index (χ0n) is 9.79. The first-order valence-corrected chi connectivity index (χ1v) is 6.58. The summed E-state index contributed by atoms with van der Waals surface area (Å²) >= 11 is 1.70. The molecular formula is C10H22N2O2S. The fourth-order valence-corrected chi connectivity index (χ4v) is 1.64. The van der Waals surface area contributed by atoms with E-state index in [1.165, 1.54) is 0 Å². The number of carbonyl (C=O) groups excluding carboxylic acids is 1. The molecular weight excluding hydrogens is 212 g/mol. The summed E-state index contributed by atoms with van der Waals surface area (Å²) in [5.74, 6) is 0.836. The third-order valence-electron chi connectivity index (χ3n) is 2.18. The number of nitrogens with two attached hydrogens (primary N) is 1. The number of carbonyl (C=O) groups is 1. The molecule has 0 bridgehead atoms. The van der Waals surface area contributed by atoms with E-state index in [1.54, 1.807) is 18.9 Å². The van der Waals surface area contributed by atoms with E-state index in [4.69, 9.17) is 10.5 Å². The molecule has 0 fully saturated rings. The van der Waals surface area contributed by atoms with Crippen molar-refractivity contribution in [1.29, 1.82) is 0 Å². The van der Waals surface area contributed by atoms with Crippen molar-refractivity contribution in [3.05, 3.63) is 0 Å². The third kappa shape index (κ3) is 6.76. The first-order valence-electron chi connectivity index (χ1n) is 5.19. The summed E-state index contributed by atoms with van der Waals surface area (Å²) in [6.07, 6.45) is 3.58. The van der Waals surface area contributed by atoms with E-state index >= 15 is 0 Å². The van der Waals surface area contributed by atoms with Gasteiger partial charge < -0.3 is 15.8 Å². The van der Waals surface area contributed by atoms with Crippen LogP contribution in [0.1, 0.15) is 19.8 Å². The molecule has 4 nitrogen and oxygen atoms in total. The second-order valence-electron chi connectivity index (χ2n) is 3.46. The van der Waals surface area contributed by atoms with Crippen LogP contribution in [0.5, 0.6) is 0 Å². The number of nitrogens with one attached hydrogen (secondary N) is 1. The molecule has 0 aromatic carbocycles. The van der Waals surface area contributed by atoms with Crippen molar-refractivity contribution in [2.45, 2.75) is 31.8 Å². The van der Waals surface area contributed by atoms with Gasteiger partial charge >= 0.3 is 0 Å². The highest BCUT2D eigenvalue weighted by molar-refractivity contribution is 7.98. The van der Waals surface area contributed by atoms with Gasteiger partial charge in [-0.3, -0.25) is 4.79 Å². The predicted octanol–water partition coefficient (Wildman–Crippen LogP) is 0.608. The summed E-state index contributed by atoms with van der Waals surface area (Å²) in [4.78, 5) is 11.6. The van der Waals surface area contributed by atoms with Gasteiger partial charge in [-0.2, -0.15) is 11.8 Å². The van der Waals surface area contributed by atoms with Gasteiger partial charge in [-0.15, -0.1) is 0 Å². The van der Waals surface area contributed by atoms with Gasteiger partial charge in [0.2, 0.25) is 5.91 Å². The summed E-state index contributed by atoms with van der Waals surface area (Å²) in [6, 6.07) is -0.328. The number of ether oxygens (including phenoxy) is 1. The largest absolute Gasteiger partial charge is 0.383 e. The first kappa shape index (κ1) is 14.7. The molecule has 0 aliphatic heterocycles. The van der Waals surface area contributed by atoms with E-state index in [2.05, 4.69) is 5.32 Å². The van der Waals surface area contributed by atoms with Crippen LogP contribution in [0.3, 0.4) is 0 Å². The normalized spacial score (nSPS) is 14.7. The summed E-state index contributed by atoms with van der Waals surface area (Å²) in [5.41, 5.74) is 5.74. The molecule has 1 amide bonds. The Kier molecular flexibility index (Phi) is 8.85. The first-order chi connectivity index (χ1) is 7.15. The van der Waals surface area contributed by atoms with Crippen LogP contribution < -0.4 is 11.1 Å². The molecule has 15 heavy (non-hydrogen) atoms. The Morgan fingerprint density at radius 3 is 2.73 bits per heavy atom. The van der Waals surface area contributed by atoms with E-state index in [0.29, 0.717) is 6.61 Å². The molecule has 0 heterocycles. The van der Waals surface area contributed by atoms with Crippen LogP contribution in [-0.4, -0.2) is 43.7 Å². The molecule has 0 aliphatic carbocycles. The third-order valence-corrected chi connectivity index (χ3v) is 2.82. The van der Waals surface area contributed by atoms with Gasteiger partial charge in [0.25, 0.3) is 0 Å². The van der Waals surface area contributed by atoms with Gasteiger partial charge in [-0.25, -0.2) is 0 Å². The molecule has 2 atom stereocenters. The lowest BCUT2D eigenvalue weighted by atomic mass is 10.2. The van der Waals surface area contributed by atoms with Crippen LogP contribution in [0, 0.1) is 0 Å². The average molecular weight is 234 g/mol. The highest BCUT2D eigenvalue weighted by atomic mass is 32.2. The Labute approximate surface area is 96.3 Å². The summed E-state index contributed by atoms with van der Waals surface area (Å²) in [6.45, 7) is 2.55. The molecule has 0 saturated heterocycles. The Hall–Kier alpha value is -0.260. The second-order valence-corrected chi connectivity index (χ2v) is 4.44. The van der Waals surface area contributed by atoms with E-state index < -0.39 is 6.04 Å². The van der Waals surface area contributed by atoms with Gasteiger partial charge in [0.05, 0.1) is 18.7 Å². The van der Waals surface area contributed by atoms with E-state index in [-0.39, 0.29) is 11.9 Å². The number of rotatable bonds is 8. The molecule has 5 heteroatoms. The summed E-state index contributed by atoms with van der Waals surface area (Å²) in [5, 5.41) is 2.88. The maximum absolute atomic E-state index is 11.6. The zero-order chi connectivity index (χ0) is 11.7. The molecule has 0 aromatic heterocycles. The maximum atomic E-state index is 11.6. The minimum absolute atomic E-state index is 0.0721. The number of amides is 1. The zero-order valence-corrected chi connectivity index (χ0v) is 10.6. The topological polar surface area (TPSA) is 64.3 Å². The monoisotopic (exact) mass is 234 g/mol. The van der Waals surface area contributed by atoms with Gasteiger partial charge in [0, 0.05) is 7.11 Å². The fourth-order valence-electron chi connectivity index (χ4n) is 1.15. The van der Waals surface area contributed by atoms with Crippen LogP contribution in [0.2, 0.25) is 0 Å². The van der Waals surface area contributed by atoms with Gasteiger partial charge in [-0.1, -0.05) is 6.92 Å². The number of hydrogen-bond donors (Lipinski definition) is 2. The standard InChI is InChI=1S/C10H22N2O2S/c1-4-8(7-14-2)12-10(13)9(11)5-6-15-3/h8-9H,4-7,11H2,1-3H3,(H,12,13)/t8?,9-/m0/s1. The highest BCUT2D eigenvalue weighted by Gasteiger charge is 2.16. The maximum Gasteiger partial charge on any atom is 0.237 e. The van der Waals surface area contributed by atoms with Crippen molar-refractivity contribution >= 4 is 17.7 Å². The number of hydrogen-bond acceptors (Lipinski definition) is 4. The minimum Gasteiger partial charge on any atom is -0.383 e. The van der Waals surface area contributed by atoms with Crippen LogP contribution in [0.15, 0.2) is 0 Å². The summed E-state index contributed by atoms with van der Waals surface area (Å²) in [7, 11) is 1.63. The van der Waals surface area contributed by atoms with Crippen LogP contribution in [0.25, 0.3) is 0 Å². The molecule has 0 aromatic rings. The lowest BCUT2D eigenvalue weighted by molar-refractivity contribution is -0.123. The predicted molar refractivity (Wildman–Crippen MR) is 65.1 cm³/mol. The highest BCUT2D eigenvalue weighted by Crippen LogP contribution is 2.00. The van der Waals surface area contributed by atoms with Crippen molar-refractivity contribution in [3.8, 4) is 0 Å². The van der Waals surface area contributed by atoms with Crippen LogP contribution >= 0.6 is 11.8 Å². The van der Waals surface area contributed by atoms with E-state index in [1.807, 2.05) is 13.2 Å². The van der Waals surface area contributed by atoms with Gasteiger partial charge in [-0.05, 0) is 24.9 Å². The molecule has 0 saturated carbocycles. The van der Waals surface area contributed by atoms with E-state index in [9.17, 15) is 4.79 Å². The lowest BCUT2D eigenvalue weighted by Gasteiger charge is -2.18. The Balaban J connectivity index is 3.87. The number of methoxy groups -OCH3 is 1. The smallest absolute Gasteiger partial charge is 0.237 e. The Morgan fingerprint density at radius 2 is 2.27 bits per heavy atom. The molecule has 1 unspecified atom stereocenters. The summed E-state index contributed by atoms with van der Waals surface area (Å²) < 4.78 is 5.00. The Bertz CT molecular complexity index is 179. The van der Waals surface area contributed by atoms with Crippen molar-refractivity contribution in [1.82, 2.24) is 5.32 Å². The van der Waals surface area contributed by atoms with Gasteiger partial charge in [0.15, 0.2) is 0 Å². The SMILES string of the molecule is CCC(COC)NC(=O)[C@@H](N)CCSC. The van der Waals surface area contributed by atoms with Crippen molar-refractivity contribution in [2.24, 2.45) is 5.73 Å². The molecule has 3 N–H and O–H groups in total. The van der Waals surface area contributed by atoms with Crippen molar-refractivity contribution in [2.75, 3.05) is 25.7 Å². The molecule has 0 spiro atoms. The number of thioether (sulfide) groups is 1. The molecule has 0 radical (unpaired) electrons. The Morgan fingerprint density at radius 1 is 1.60 bits per heavy atom. The van der Waals surface area contributed by atoms with Crippen molar-refractivity contribution < 1.29 is 9.53 Å². The van der Waals surface area contributed by atoms with Crippen molar-refractivity contribution in [3.63, 3.8) is 0 Å². The second kappa shape index (κ2) is 9.00. The van der Waals surface area contributed by atoms with E-state index in [0.717, 1.165) is 18.6 Å². The minimum atomic E-state index is -0.400. The molecule has 0 rings (SSSR count). The molecule has 90 valence electrons. The van der Waals surface area contributed by atoms with Crippen LogP contribution in [-0.2, 0) is 9.53 Å². The fraction of sp³-hybridized carbons (Fsp3) is 0.900. The van der Waals surface area contributed by atoms with Gasteiger partial charge in [0.1, 0.15) is 0 Å². The molecule has 0 aliphatic rings. The average Bonchev–Trinajstić information content (AvgIpc) is 2.24.